The van der Waals surface area contributed by atoms with Crippen LogP contribution in [0.5, 0.6) is 5.75 Å². The van der Waals surface area contributed by atoms with Crippen LogP contribution in [0.2, 0.25) is 0 Å². The maximum Gasteiger partial charge on any atom is 0.337 e. The molecule has 2 aromatic carbocycles. The number of fused-ring (bicyclic) bond motifs is 1. The lowest BCUT2D eigenvalue weighted by atomic mass is 9.79. The Morgan fingerprint density at radius 2 is 1.91 bits per heavy atom. The summed E-state index contributed by atoms with van der Waals surface area (Å²) >= 11 is 0. The van der Waals surface area contributed by atoms with Gasteiger partial charge in [-0.05, 0) is 72.6 Å². The van der Waals surface area contributed by atoms with Gasteiger partial charge in [0, 0.05) is 0 Å². The predicted molar refractivity (Wildman–Crippen MR) is 90.2 cm³/mol. The zero-order valence-corrected chi connectivity index (χ0v) is 13.7. The Labute approximate surface area is 137 Å². The lowest BCUT2D eigenvalue weighted by Gasteiger charge is -2.26. The van der Waals surface area contributed by atoms with Crippen molar-refractivity contribution in [1.82, 2.24) is 0 Å². The van der Waals surface area contributed by atoms with Gasteiger partial charge in [-0.15, -0.1) is 0 Å². The molecule has 0 fully saturated rings. The van der Waals surface area contributed by atoms with Crippen LogP contribution in [0.3, 0.4) is 0 Å². The van der Waals surface area contributed by atoms with Crippen molar-refractivity contribution in [2.24, 2.45) is 0 Å². The monoisotopic (exact) mass is 310 g/mol. The van der Waals surface area contributed by atoms with Crippen LogP contribution in [0.25, 0.3) is 0 Å². The molecule has 0 saturated carbocycles. The molecule has 1 aliphatic rings. The minimum Gasteiger partial charge on any atom is -0.497 e. The molecule has 0 aromatic heterocycles. The average Bonchev–Trinajstić information content (AvgIpc) is 2.61. The van der Waals surface area contributed by atoms with Crippen molar-refractivity contribution in [3.8, 4) is 5.75 Å². The van der Waals surface area contributed by atoms with E-state index in [0.29, 0.717) is 11.5 Å². The van der Waals surface area contributed by atoms with Gasteiger partial charge >= 0.3 is 5.97 Å². The van der Waals surface area contributed by atoms with E-state index < -0.39 is 0 Å². The molecule has 3 nitrogen and oxygen atoms in total. The normalized spacial score (nSPS) is 16.5. The molecule has 0 radical (unpaired) electrons. The van der Waals surface area contributed by atoms with Crippen LogP contribution in [0.15, 0.2) is 42.5 Å². The summed E-state index contributed by atoms with van der Waals surface area (Å²) in [6, 6.07) is 14.2. The molecule has 1 aliphatic carbocycles. The van der Waals surface area contributed by atoms with E-state index in [1.54, 1.807) is 7.11 Å². The summed E-state index contributed by atoms with van der Waals surface area (Å²) in [7, 11) is 3.12. The number of ether oxygens (including phenoxy) is 2. The topological polar surface area (TPSA) is 35.5 Å². The van der Waals surface area contributed by atoms with Gasteiger partial charge in [0.25, 0.3) is 0 Å². The fourth-order valence-electron chi connectivity index (χ4n) is 3.39. The fourth-order valence-corrected chi connectivity index (χ4v) is 3.39. The van der Waals surface area contributed by atoms with Crippen molar-refractivity contribution in [3.63, 3.8) is 0 Å². The minimum absolute atomic E-state index is 0.288. The minimum atomic E-state index is -0.288. The van der Waals surface area contributed by atoms with E-state index in [1.807, 2.05) is 30.3 Å². The number of hydrogen-bond donors (Lipinski definition) is 0. The molecule has 3 rings (SSSR count). The molecule has 2 aromatic rings. The molecule has 0 aliphatic heterocycles. The van der Waals surface area contributed by atoms with Crippen molar-refractivity contribution in [1.29, 1.82) is 0 Å². The van der Waals surface area contributed by atoms with E-state index >= 15 is 0 Å². The highest BCUT2D eigenvalue weighted by molar-refractivity contribution is 5.89. The molecule has 23 heavy (non-hydrogen) atoms. The first-order valence-corrected chi connectivity index (χ1v) is 8.05. The van der Waals surface area contributed by atoms with Crippen LogP contribution in [0.1, 0.15) is 45.8 Å². The Morgan fingerprint density at radius 1 is 1.13 bits per heavy atom. The summed E-state index contributed by atoms with van der Waals surface area (Å²) in [6.45, 7) is 0. The van der Waals surface area contributed by atoms with Gasteiger partial charge in [-0.3, -0.25) is 0 Å². The fraction of sp³-hybridized carbons (Fsp3) is 0.350. The lowest BCUT2D eigenvalue weighted by Crippen LogP contribution is -2.12. The molecule has 0 N–H and O–H groups in total. The summed E-state index contributed by atoms with van der Waals surface area (Å²) in [5.41, 5.74) is 4.70. The molecule has 0 saturated heterocycles. The number of benzene rings is 2. The molecule has 120 valence electrons. The quantitative estimate of drug-likeness (QED) is 0.796. The van der Waals surface area contributed by atoms with E-state index in [4.69, 9.17) is 9.47 Å². The number of esters is 1. The Morgan fingerprint density at radius 3 is 2.61 bits per heavy atom. The van der Waals surface area contributed by atoms with Crippen molar-refractivity contribution in [2.75, 3.05) is 14.2 Å². The second-order valence-corrected chi connectivity index (χ2v) is 6.05. The number of hydrogen-bond acceptors (Lipinski definition) is 3. The Hall–Kier alpha value is -2.29. The van der Waals surface area contributed by atoms with Crippen LogP contribution < -0.4 is 4.74 Å². The summed E-state index contributed by atoms with van der Waals surface area (Å²) in [5, 5.41) is 0. The number of methoxy groups -OCH3 is 2. The van der Waals surface area contributed by atoms with E-state index in [0.717, 1.165) is 18.6 Å². The molecule has 0 spiro atoms. The lowest BCUT2D eigenvalue weighted by molar-refractivity contribution is 0.0600. The smallest absolute Gasteiger partial charge is 0.337 e. The van der Waals surface area contributed by atoms with Crippen LogP contribution >= 0.6 is 0 Å². The van der Waals surface area contributed by atoms with Crippen molar-refractivity contribution < 1.29 is 14.3 Å². The third-order valence-corrected chi connectivity index (χ3v) is 4.65. The summed E-state index contributed by atoms with van der Waals surface area (Å²) in [4.78, 5) is 11.5. The van der Waals surface area contributed by atoms with Crippen molar-refractivity contribution in [2.45, 2.75) is 31.6 Å². The van der Waals surface area contributed by atoms with Crippen LogP contribution in [-0.4, -0.2) is 20.2 Å². The standard InChI is InChI=1S/C20H22O3/c1-22-18-11-10-15-4-3-5-17(19(15)13-18)12-14-6-8-16(9-7-14)20(21)23-2/h6-11,13,17H,3-5,12H2,1-2H3. The highest BCUT2D eigenvalue weighted by atomic mass is 16.5. The van der Waals surface area contributed by atoms with Gasteiger partial charge in [-0.25, -0.2) is 4.79 Å². The molecular weight excluding hydrogens is 288 g/mol. The molecule has 0 amide bonds. The van der Waals surface area contributed by atoms with Gasteiger partial charge in [0.15, 0.2) is 0 Å². The average molecular weight is 310 g/mol. The third-order valence-electron chi connectivity index (χ3n) is 4.65. The summed E-state index contributed by atoms with van der Waals surface area (Å²) in [6.07, 6.45) is 4.56. The molecule has 1 atom stereocenters. The molecule has 1 unspecified atom stereocenters. The highest BCUT2D eigenvalue weighted by Crippen LogP contribution is 2.36. The predicted octanol–water partition coefficient (Wildman–Crippen LogP) is 4.14. The first kappa shape index (κ1) is 15.6. The van der Waals surface area contributed by atoms with Crippen molar-refractivity contribution >= 4 is 5.97 Å². The van der Waals surface area contributed by atoms with Crippen LogP contribution in [0, 0.1) is 0 Å². The third kappa shape index (κ3) is 3.39. The number of aryl methyl sites for hydroxylation is 1. The van der Waals surface area contributed by atoms with Gasteiger partial charge in [0.05, 0.1) is 19.8 Å². The summed E-state index contributed by atoms with van der Waals surface area (Å²) in [5.74, 6) is 1.15. The number of carbonyl (C=O) groups excluding carboxylic acids is 1. The van der Waals surface area contributed by atoms with Gasteiger partial charge in [-0.2, -0.15) is 0 Å². The second kappa shape index (κ2) is 6.86. The van der Waals surface area contributed by atoms with Crippen molar-refractivity contribution in [3.05, 3.63) is 64.7 Å². The Bertz CT molecular complexity index is 689. The van der Waals surface area contributed by atoms with Crippen LogP contribution in [-0.2, 0) is 17.6 Å². The first-order valence-electron chi connectivity index (χ1n) is 8.05. The van der Waals surface area contributed by atoms with E-state index in [2.05, 4.69) is 12.1 Å². The van der Waals surface area contributed by atoms with Gasteiger partial charge in [0.2, 0.25) is 0 Å². The van der Waals surface area contributed by atoms with Gasteiger partial charge in [0.1, 0.15) is 5.75 Å². The van der Waals surface area contributed by atoms with Gasteiger partial charge < -0.3 is 9.47 Å². The molecule has 0 heterocycles. The second-order valence-electron chi connectivity index (χ2n) is 6.05. The molecular formula is C20H22O3. The SMILES string of the molecule is COC(=O)c1ccc(CC2CCCc3ccc(OC)cc32)cc1. The maximum atomic E-state index is 11.5. The molecule has 0 bridgehead atoms. The van der Waals surface area contributed by atoms with Gasteiger partial charge in [-0.1, -0.05) is 18.2 Å². The largest absolute Gasteiger partial charge is 0.497 e. The highest BCUT2D eigenvalue weighted by Gasteiger charge is 2.21. The number of rotatable bonds is 4. The molecule has 3 heteroatoms. The van der Waals surface area contributed by atoms with E-state index in [1.165, 1.54) is 36.6 Å². The summed E-state index contributed by atoms with van der Waals surface area (Å²) < 4.78 is 10.1. The van der Waals surface area contributed by atoms with E-state index in [-0.39, 0.29) is 5.97 Å². The maximum absolute atomic E-state index is 11.5. The zero-order chi connectivity index (χ0) is 16.2. The number of carbonyl (C=O) groups is 1. The van der Waals surface area contributed by atoms with Crippen LogP contribution in [0.4, 0.5) is 0 Å². The Kier molecular flexibility index (Phi) is 4.65. The van der Waals surface area contributed by atoms with E-state index in [9.17, 15) is 4.79 Å². The Balaban J connectivity index is 1.80. The first-order chi connectivity index (χ1) is 11.2. The zero-order valence-electron chi connectivity index (χ0n) is 13.7.